The van der Waals surface area contributed by atoms with Crippen molar-refractivity contribution in [1.82, 2.24) is 0 Å². The maximum atomic E-state index is 13.2. The molecule has 0 atom stereocenters. The molecule has 0 aliphatic heterocycles. The van der Waals surface area contributed by atoms with Crippen LogP contribution in [-0.2, 0) is 0 Å². The van der Waals surface area contributed by atoms with E-state index in [2.05, 4.69) is 6.07 Å². The van der Waals surface area contributed by atoms with Crippen molar-refractivity contribution in [2.75, 3.05) is 18.5 Å². The van der Waals surface area contributed by atoms with E-state index in [1.54, 1.807) is 18.2 Å². The Morgan fingerprint density at radius 2 is 2.14 bits per heavy atom. The van der Waals surface area contributed by atoms with Gasteiger partial charge in [-0.25, -0.2) is 4.39 Å². The average Bonchev–Trinajstić information content (AvgIpc) is 2.18. The van der Waals surface area contributed by atoms with Gasteiger partial charge in [-0.1, -0.05) is 12.1 Å². The molecule has 0 heterocycles. The van der Waals surface area contributed by atoms with Crippen molar-refractivity contribution in [3.8, 4) is 6.07 Å². The monoisotopic (exact) mass is 192 g/mol. The molecule has 1 aromatic rings. The number of hydrogen-bond acceptors (Lipinski definition) is 2. The lowest BCUT2D eigenvalue weighted by molar-refractivity contribution is 0.621. The molecule has 74 valence electrons. The lowest BCUT2D eigenvalue weighted by atomic mass is 10.2. The standard InChI is InChI=1S/C11H13FN2/c1-14(9-5-4-8-13)11-7-3-2-6-10(11)12/h2-3,6-7H,4-5,9H2,1H3. The van der Waals surface area contributed by atoms with Gasteiger partial charge in [-0.2, -0.15) is 5.26 Å². The van der Waals surface area contributed by atoms with Gasteiger partial charge in [0.1, 0.15) is 5.82 Å². The van der Waals surface area contributed by atoms with E-state index in [1.807, 2.05) is 11.9 Å². The molecule has 0 aliphatic carbocycles. The number of rotatable bonds is 4. The van der Waals surface area contributed by atoms with Crippen LogP contribution in [0.2, 0.25) is 0 Å². The van der Waals surface area contributed by atoms with Gasteiger partial charge in [0.05, 0.1) is 11.8 Å². The second-order valence-electron chi connectivity index (χ2n) is 3.13. The molecule has 0 aromatic heterocycles. The molecule has 1 aromatic carbocycles. The SMILES string of the molecule is CN(CCCC#N)c1ccccc1F. The smallest absolute Gasteiger partial charge is 0.146 e. The summed E-state index contributed by atoms with van der Waals surface area (Å²) >= 11 is 0. The first kappa shape index (κ1) is 10.5. The maximum Gasteiger partial charge on any atom is 0.146 e. The Balaban J connectivity index is 2.57. The fraction of sp³-hybridized carbons (Fsp3) is 0.364. The number of benzene rings is 1. The van der Waals surface area contributed by atoms with Gasteiger partial charge in [0.25, 0.3) is 0 Å². The Bertz CT molecular complexity index is 330. The number of nitrogens with zero attached hydrogens (tertiary/aromatic N) is 2. The molecule has 2 nitrogen and oxygen atoms in total. The first-order chi connectivity index (χ1) is 6.75. The topological polar surface area (TPSA) is 27.0 Å². The Hall–Kier alpha value is -1.56. The molecular weight excluding hydrogens is 179 g/mol. The van der Waals surface area contributed by atoms with Crippen LogP contribution < -0.4 is 4.90 Å². The molecule has 14 heavy (non-hydrogen) atoms. The minimum atomic E-state index is -0.216. The van der Waals surface area contributed by atoms with Gasteiger partial charge in [-0.15, -0.1) is 0 Å². The fourth-order valence-corrected chi connectivity index (χ4v) is 1.28. The number of para-hydroxylation sites is 1. The number of nitriles is 1. The third-order valence-electron chi connectivity index (χ3n) is 2.05. The highest BCUT2D eigenvalue weighted by molar-refractivity contribution is 5.46. The summed E-state index contributed by atoms with van der Waals surface area (Å²) in [6.07, 6.45) is 1.28. The molecule has 0 N–H and O–H groups in total. The van der Waals surface area contributed by atoms with Gasteiger partial charge in [-0.05, 0) is 18.6 Å². The third-order valence-corrected chi connectivity index (χ3v) is 2.05. The van der Waals surface area contributed by atoms with Crippen LogP contribution in [-0.4, -0.2) is 13.6 Å². The van der Waals surface area contributed by atoms with Crippen molar-refractivity contribution < 1.29 is 4.39 Å². The zero-order valence-corrected chi connectivity index (χ0v) is 8.20. The average molecular weight is 192 g/mol. The molecule has 0 spiro atoms. The van der Waals surface area contributed by atoms with Crippen LogP contribution in [0.15, 0.2) is 24.3 Å². The van der Waals surface area contributed by atoms with E-state index in [0.717, 1.165) is 6.42 Å². The van der Waals surface area contributed by atoms with Crippen LogP contribution >= 0.6 is 0 Å². The highest BCUT2D eigenvalue weighted by Gasteiger charge is 2.04. The summed E-state index contributed by atoms with van der Waals surface area (Å²) in [5.74, 6) is -0.216. The Kier molecular flexibility index (Phi) is 3.93. The van der Waals surface area contributed by atoms with Crippen molar-refractivity contribution in [3.05, 3.63) is 30.1 Å². The van der Waals surface area contributed by atoms with Gasteiger partial charge in [-0.3, -0.25) is 0 Å². The largest absolute Gasteiger partial charge is 0.372 e. The van der Waals surface area contributed by atoms with Crippen LogP contribution in [0, 0.1) is 17.1 Å². The van der Waals surface area contributed by atoms with Crippen molar-refractivity contribution in [2.24, 2.45) is 0 Å². The van der Waals surface area contributed by atoms with Gasteiger partial charge in [0.2, 0.25) is 0 Å². The summed E-state index contributed by atoms with van der Waals surface area (Å²) < 4.78 is 13.2. The zero-order chi connectivity index (χ0) is 10.4. The molecule has 0 unspecified atom stereocenters. The highest BCUT2D eigenvalue weighted by Crippen LogP contribution is 2.17. The summed E-state index contributed by atoms with van der Waals surface area (Å²) in [4.78, 5) is 1.83. The van der Waals surface area contributed by atoms with Gasteiger partial charge >= 0.3 is 0 Å². The lowest BCUT2D eigenvalue weighted by Gasteiger charge is -2.18. The molecule has 0 bridgehead atoms. The van der Waals surface area contributed by atoms with Crippen LogP contribution in [0.1, 0.15) is 12.8 Å². The lowest BCUT2D eigenvalue weighted by Crippen LogP contribution is -2.19. The minimum absolute atomic E-state index is 0.216. The van der Waals surface area contributed by atoms with E-state index in [0.29, 0.717) is 18.7 Å². The van der Waals surface area contributed by atoms with E-state index < -0.39 is 0 Å². The molecule has 0 saturated carbocycles. The summed E-state index contributed by atoms with van der Waals surface area (Å²) in [5, 5.41) is 8.36. The maximum absolute atomic E-state index is 13.2. The predicted octanol–water partition coefficient (Wildman–Crippen LogP) is 2.57. The Morgan fingerprint density at radius 3 is 2.79 bits per heavy atom. The van der Waals surface area contributed by atoms with E-state index >= 15 is 0 Å². The molecule has 1 rings (SSSR count). The summed E-state index contributed by atoms with van der Waals surface area (Å²) in [6, 6.07) is 8.72. The summed E-state index contributed by atoms with van der Waals surface area (Å²) in [5.41, 5.74) is 0.588. The van der Waals surface area contributed by atoms with Crippen LogP contribution in [0.4, 0.5) is 10.1 Å². The first-order valence-corrected chi connectivity index (χ1v) is 4.58. The zero-order valence-electron chi connectivity index (χ0n) is 8.20. The van der Waals surface area contributed by atoms with Crippen molar-refractivity contribution in [2.45, 2.75) is 12.8 Å². The normalized spacial score (nSPS) is 9.50. The third kappa shape index (κ3) is 2.74. The predicted molar refractivity (Wildman–Crippen MR) is 54.5 cm³/mol. The van der Waals surface area contributed by atoms with Crippen molar-refractivity contribution in [3.63, 3.8) is 0 Å². The summed E-state index contributed by atoms with van der Waals surface area (Å²) in [6.45, 7) is 0.703. The van der Waals surface area contributed by atoms with Gasteiger partial charge in [0, 0.05) is 20.0 Å². The summed E-state index contributed by atoms with van der Waals surface area (Å²) in [7, 11) is 1.83. The first-order valence-electron chi connectivity index (χ1n) is 4.58. The van der Waals surface area contributed by atoms with Gasteiger partial charge < -0.3 is 4.90 Å². The molecule has 0 fully saturated rings. The number of halogens is 1. The quantitative estimate of drug-likeness (QED) is 0.685. The van der Waals surface area contributed by atoms with Crippen molar-refractivity contribution in [1.29, 1.82) is 5.26 Å². The van der Waals surface area contributed by atoms with Crippen LogP contribution in [0.25, 0.3) is 0 Å². The van der Waals surface area contributed by atoms with Crippen LogP contribution in [0.5, 0.6) is 0 Å². The molecular formula is C11H13FN2. The number of unbranched alkanes of at least 4 members (excludes halogenated alkanes) is 1. The Morgan fingerprint density at radius 1 is 1.43 bits per heavy atom. The van der Waals surface area contributed by atoms with E-state index in [4.69, 9.17) is 5.26 Å². The number of anilines is 1. The molecule has 3 heteroatoms. The second kappa shape index (κ2) is 5.23. The molecule has 0 saturated heterocycles. The van der Waals surface area contributed by atoms with E-state index in [9.17, 15) is 4.39 Å². The second-order valence-corrected chi connectivity index (χ2v) is 3.13. The van der Waals surface area contributed by atoms with Gasteiger partial charge in [0.15, 0.2) is 0 Å². The number of hydrogen-bond donors (Lipinski definition) is 0. The van der Waals surface area contributed by atoms with Crippen LogP contribution in [0.3, 0.4) is 0 Å². The molecule has 0 aliphatic rings. The minimum Gasteiger partial charge on any atom is -0.372 e. The molecule has 0 amide bonds. The van der Waals surface area contributed by atoms with Crippen molar-refractivity contribution >= 4 is 5.69 Å². The van der Waals surface area contributed by atoms with E-state index in [-0.39, 0.29) is 5.82 Å². The van der Waals surface area contributed by atoms with E-state index in [1.165, 1.54) is 6.07 Å². The highest BCUT2D eigenvalue weighted by atomic mass is 19.1. The Labute approximate surface area is 83.6 Å². The molecule has 0 radical (unpaired) electrons. The fourth-order valence-electron chi connectivity index (χ4n) is 1.28.